The number of benzene rings is 2. The molecule has 0 amide bonds. The van der Waals surface area contributed by atoms with Crippen LogP contribution in [-0.4, -0.2) is 41.3 Å². The average molecular weight is 391 g/mol. The highest BCUT2D eigenvalue weighted by molar-refractivity contribution is 7.92. The van der Waals surface area contributed by atoms with Crippen LogP contribution in [0.1, 0.15) is 12.5 Å². The Kier molecular flexibility index (Phi) is 5.55. The molecule has 1 aliphatic rings. The van der Waals surface area contributed by atoms with Gasteiger partial charge in [-0.2, -0.15) is 0 Å². The predicted octanol–water partition coefficient (Wildman–Crippen LogP) is 2.39. The van der Waals surface area contributed by atoms with Gasteiger partial charge in [0, 0.05) is 6.07 Å². The summed E-state index contributed by atoms with van der Waals surface area (Å²) in [4.78, 5) is 11.9. The molecule has 27 heavy (non-hydrogen) atoms. The summed E-state index contributed by atoms with van der Waals surface area (Å²) in [5, 5.41) is 0. The van der Waals surface area contributed by atoms with Crippen molar-refractivity contribution in [3.63, 3.8) is 0 Å². The standard InChI is InChI=1S/C19H21NO6S/c1-3-14-6-4-5-7-16(14)20(13-19(21)24-2)27(22,23)15-8-9-17-18(12-15)26-11-10-25-17/h4-9,12H,3,10-11,13H2,1-2H3. The first-order valence-electron chi connectivity index (χ1n) is 8.54. The smallest absolute Gasteiger partial charge is 0.326 e. The lowest BCUT2D eigenvalue weighted by Gasteiger charge is -2.26. The number of nitrogens with zero attached hydrogens (tertiary/aromatic N) is 1. The van der Waals surface area contributed by atoms with Crippen molar-refractivity contribution in [1.82, 2.24) is 0 Å². The van der Waals surface area contributed by atoms with E-state index in [1.807, 2.05) is 19.1 Å². The quantitative estimate of drug-likeness (QED) is 0.704. The molecule has 0 fully saturated rings. The number of hydrogen-bond acceptors (Lipinski definition) is 6. The Morgan fingerprint density at radius 3 is 2.52 bits per heavy atom. The van der Waals surface area contributed by atoms with E-state index in [-0.39, 0.29) is 4.90 Å². The predicted molar refractivity (Wildman–Crippen MR) is 99.8 cm³/mol. The van der Waals surface area contributed by atoms with Crippen LogP contribution >= 0.6 is 0 Å². The van der Waals surface area contributed by atoms with Gasteiger partial charge in [-0.25, -0.2) is 8.42 Å². The fourth-order valence-electron chi connectivity index (χ4n) is 2.85. The van der Waals surface area contributed by atoms with E-state index in [1.54, 1.807) is 18.2 Å². The van der Waals surface area contributed by atoms with E-state index in [9.17, 15) is 13.2 Å². The number of carbonyl (C=O) groups is 1. The minimum Gasteiger partial charge on any atom is -0.486 e. The van der Waals surface area contributed by atoms with Crippen molar-refractivity contribution in [3.05, 3.63) is 48.0 Å². The Morgan fingerprint density at radius 2 is 1.81 bits per heavy atom. The number of para-hydroxylation sites is 1. The number of anilines is 1. The number of sulfonamides is 1. The number of rotatable bonds is 6. The third-order valence-electron chi connectivity index (χ3n) is 4.24. The highest BCUT2D eigenvalue weighted by atomic mass is 32.2. The zero-order valence-corrected chi connectivity index (χ0v) is 16.0. The van der Waals surface area contributed by atoms with Crippen molar-refractivity contribution in [3.8, 4) is 11.5 Å². The van der Waals surface area contributed by atoms with Crippen LogP contribution in [0.4, 0.5) is 5.69 Å². The van der Waals surface area contributed by atoms with Crippen molar-refractivity contribution < 1.29 is 27.4 Å². The van der Waals surface area contributed by atoms with Gasteiger partial charge in [0.15, 0.2) is 11.5 Å². The van der Waals surface area contributed by atoms with Crippen molar-refractivity contribution in [2.24, 2.45) is 0 Å². The van der Waals surface area contributed by atoms with Gasteiger partial charge in [0.2, 0.25) is 0 Å². The summed E-state index contributed by atoms with van der Waals surface area (Å²) in [6, 6.07) is 11.5. The maximum atomic E-state index is 13.4. The number of hydrogen-bond donors (Lipinski definition) is 0. The highest BCUT2D eigenvalue weighted by Gasteiger charge is 2.30. The lowest BCUT2D eigenvalue weighted by Crippen LogP contribution is -2.37. The van der Waals surface area contributed by atoms with Gasteiger partial charge in [-0.05, 0) is 30.2 Å². The van der Waals surface area contributed by atoms with Gasteiger partial charge in [0.25, 0.3) is 10.0 Å². The van der Waals surface area contributed by atoms with E-state index < -0.39 is 22.5 Å². The average Bonchev–Trinajstić information content (AvgIpc) is 2.71. The molecule has 0 aliphatic carbocycles. The van der Waals surface area contributed by atoms with Gasteiger partial charge in [-0.3, -0.25) is 9.10 Å². The second-order valence-electron chi connectivity index (χ2n) is 5.88. The lowest BCUT2D eigenvalue weighted by molar-refractivity contribution is -0.138. The summed E-state index contributed by atoms with van der Waals surface area (Å²) in [7, 11) is -2.80. The summed E-state index contributed by atoms with van der Waals surface area (Å²) in [5.74, 6) is 0.208. The molecular weight excluding hydrogens is 370 g/mol. The molecule has 0 bridgehead atoms. The molecule has 0 radical (unpaired) electrons. The molecule has 1 aliphatic heterocycles. The number of ether oxygens (including phenoxy) is 3. The van der Waals surface area contributed by atoms with Crippen molar-refractivity contribution >= 4 is 21.7 Å². The number of fused-ring (bicyclic) bond motifs is 1. The normalized spacial score (nSPS) is 13.1. The van der Waals surface area contributed by atoms with Gasteiger partial charge in [0.05, 0.1) is 17.7 Å². The first-order valence-corrected chi connectivity index (χ1v) is 9.98. The molecule has 0 N–H and O–H groups in total. The van der Waals surface area contributed by atoms with E-state index >= 15 is 0 Å². The minimum atomic E-state index is -4.03. The lowest BCUT2D eigenvalue weighted by atomic mass is 10.1. The van der Waals surface area contributed by atoms with E-state index in [2.05, 4.69) is 0 Å². The molecule has 0 aromatic heterocycles. The molecule has 0 unspecified atom stereocenters. The monoisotopic (exact) mass is 391 g/mol. The first kappa shape index (κ1) is 19.0. The first-order chi connectivity index (χ1) is 13.0. The van der Waals surface area contributed by atoms with Gasteiger partial charge in [0.1, 0.15) is 19.8 Å². The van der Waals surface area contributed by atoms with E-state index in [0.29, 0.717) is 36.8 Å². The fraction of sp³-hybridized carbons (Fsp3) is 0.316. The Balaban J connectivity index is 2.08. The van der Waals surface area contributed by atoms with Crippen LogP contribution in [0.3, 0.4) is 0 Å². The van der Waals surface area contributed by atoms with E-state index in [1.165, 1.54) is 19.2 Å². The third-order valence-corrected chi connectivity index (χ3v) is 6.00. The Bertz CT molecular complexity index is 941. The van der Waals surface area contributed by atoms with Gasteiger partial charge < -0.3 is 14.2 Å². The number of esters is 1. The second kappa shape index (κ2) is 7.87. The van der Waals surface area contributed by atoms with Crippen molar-refractivity contribution in [1.29, 1.82) is 0 Å². The highest BCUT2D eigenvalue weighted by Crippen LogP contribution is 2.35. The maximum absolute atomic E-state index is 13.4. The molecule has 7 nitrogen and oxygen atoms in total. The topological polar surface area (TPSA) is 82.1 Å². The molecule has 0 saturated heterocycles. The molecular formula is C19H21NO6S. The summed E-state index contributed by atoms with van der Waals surface area (Å²) in [5.41, 5.74) is 1.25. The Labute approximate surface area is 158 Å². The van der Waals surface area contributed by atoms with Crippen LogP contribution in [0.2, 0.25) is 0 Å². The van der Waals surface area contributed by atoms with Gasteiger partial charge in [-0.1, -0.05) is 25.1 Å². The van der Waals surface area contributed by atoms with Crippen molar-refractivity contribution in [2.75, 3.05) is 31.2 Å². The van der Waals surface area contributed by atoms with Crippen LogP contribution in [0.5, 0.6) is 11.5 Å². The summed E-state index contributed by atoms with van der Waals surface area (Å²) in [6.45, 7) is 2.26. The van der Waals surface area contributed by atoms with Gasteiger partial charge >= 0.3 is 5.97 Å². The number of aryl methyl sites for hydroxylation is 1. The molecule has 144 valence electrons. The van der Waals surface area contributed by atoms with Crippen molar-refractivity contribution in [2.45, 2.75) is 18.2 Å². The van der Waals surface area contributed by atoms with E-state index in [4.69, 9.17) is 14.2 Å². The summed E-state index contributed by atoms with van der Waals surface area (Å²) in [6.07, 6.45) is 0.616. The molecule has 1 heterocycles. The summed E-state index contributed by atoms with van der Waals surface area (Å²) < 4.78 is 43.4. The molecule has 3 rings (SSSR count). The maximum Gasteiger partial charge on any atom is 0.326 e. The SMILES string of the molecule is CCc1ccccc1N(CC(=O)OC)S(=O)(=O)c1ccc2c(c1)OCCO2. The largest absolute Gasteiger partial charge is 0.486 e. The van der Waals surface area contributed by atoms with Crippen LogP contribution < -0.4 is 13.8 Å². The zero-order valence-electron chi connectivity index (χ0n) is 15.2. The summed E-state index contributed by atoms with van der Waals surface area (Å²) >= 11 is 0. The molecule has 2 aromatic carbocycles. The van der Waals surface area contributed by atoms with Crippen LogP contribution in [0.15, 0.2) is 47.4 Å². The number of carbonyl (C=O) groups excluding carboxylic acids is 1. The van der Waals surface area contributed by atoms with Gasteiger partial charge in [-0.15, -0.1) is 0 Å². The minimum absolute atomic E-state index is 0.0153. The molecule has 2 aromatic rings. The van der Waals surface area contributed by atoms with Crippen LogP contribution in [-0.2, 0) is 26.0 Å². The molecule has 0 spiro atoms. The van der Waals surface area contributed by atoms with Crippen LogP contribution in [0, 0.1) is 0 Å². The molecule has 0 saturated carbocycles. The zero-order chi connectivity index (χ0) is 19.4. The second-order valence-corrected chi connectivity index (χ2v) is 7.74. The number of methoxy groups -OCH3 is 1. The van der Waals surface area contributed by atoms with E-state index in [0.717, 1.165) is 9.87 Å². The third kappa shape index (κ3) is 3.85. The fourth-order valence-corrected chi connectivity index (χ4v) is 4.31. The molecule has 8 heteroatoms. The molecule has 0 atom stereocenters. The van der Waals surface area contributed by atoms with Crippen LogP contribution in [0.25, 0.3) is 0 Å². The Morgan fingerprint density at radius 1 is 1.11 bits per heavy atom. The Hall–Kier alpha value is -2.74.